The van der Waals surface area contributed by atoms with E-state index in [0.29, 0.717) is 6.54 Å². The van der Waals surface area contributed by atoms with E-state index < -0.39 is 4.92 Å². The summed E-state index contributed by atoms with van der Waals surface area (Å²) in [4.78, 5) is 10.4. The maximum absolute atomic E-state index is 10.9. The van der Waals surface area contributed by atoms with Gasteiger partial charge in [0.2, 0.25) is 5.82 Å². The largest absolute Gasteiger partial charge is 0.395 e. The highest BCUT2D eigenvalue weighted by Crippen LogP contribution is 2.22. The average molecular weight is 262 g/mol. The highest BCUT2D eigenvalue weighted by molar-refractivity contribution is 5.54. The Labute approximate surface area is 109 Å². The number of nitrogens with zero attached hydrogens (tertiary/aromatic N) is 3. The van der Waals surface area contributed by atoms with E-state index in [1.807, 2.05) is 30.3 Å². The van der Waals surface area contributed by atoms with E-state index in [9.17, 15) is 10.1 Å². The number of hydrogen-bond donors (Lipinski definition) is 2. The molecule has 0 aliphatic rings. The minimum absolute atomic E-state index is 0.0932. The van der Waals surface area contributed by atoms with Gasteiger partial charge in [-0.15, -0.1) is 5.10 Å². The van der Waals surface area contributed by atoms with Crippen LogP contribution in [0.1, 0.15) is 5.56 Å². The second-order valence-electron chi connectivity index (χ2n) is 3.95. The van der Waals surface area contributed by atoms with Gasteiger partial charge in [-0.3, -0.25) is 14.8 Å². The van der Waals surface area contributed by atoms with Crippen LogP contribution in [0, 0.1) is 10.1 Å². The Kier molecular flexibility index (Phi) is 4.09. The molecule has 0 atom stereocenters. The number of hydrogen-bond acceptors (Lipinski definition) is 5. The monoisotopic (exact) mass is 262 g/mol. The Bertz CT molecular complexity index is 553. The van der Waals surface area contributed by atoms with E-state index in [0.717, 1.165) is 5.56 Å². The Morgan fingerprint density at radius 2 is 2.11 bits per heavy atom. The Morgan fingerprint density at radius 3 is 2.74 bits per heavy atom. The molecule has 0 radical (unpaired) electrons. The normalized spacial score (nSPS) is 10.4. The Morgan fingerprint density at radius 1 is 1.37 bits per heavy atom. The fraction of sp³-hybridized carbons (Fsp3) is 0.250. The number of rotatable bonds is 6. The van der Waals surface area contributed by atoms with Crippen molar-refractivity contribution in [2.24, 2.45) is 0 Å². The summed E-state index contributed by atoms with van der Waals surface area (Å²) in [6.07, 6.45) is 1.38. The number of aliphatic hydroxyl groups is 1. The third-order valence-electron chi connectivity index (χ3n) is 2.53. The molecule has 0 amide bonds. The third-order valence-corrected chi connectivity index (χ3v) is 2.53. The van der Waals surface area contributed by atoms with Crippen LogP contribution in [0.3, 0.4) is 0 Å². The molecule has 19 heavy (non-hydrogen) atoms. The highest BCUT2D eigenvalue weighted by atomic mass is 16.6. The van der Waals surface area contributed by atoms with Crippen LogP contribution in [0.2, 0.25) is 0 Å². The third kappa shape index (κ3) is 3.29. The number of aromatic nitrogens is 2. The van der Waals surface area contributed by atoms with Gasteiger partial charge in [0, 0.05) is 6.54 Å². The number of anilines is 1. The first-order chi connectivity index (χ1) is 9.20. The molecular formula is C12H14N4O3. The quantitative estimate of drug-likeness (QED) is 0.603. The van der Waals surface area contributed by atoms with Gasteiger partial charge in [-0.2, -0.15) is 0 Å². The molecule has 2 aromatic rings. The molecule has 0 aliphatic carbocycles. The van der Waals surface area contributed by atoms with Crippen molar-refractivity contribution in [2.75, 3.05) is 18.5 Å². The number of nitro groups is 1. The van der Waals surface area contributed by atoms with Gasteiger partial charge < -0.3 is 10.4 Å². The fourth-order valence-electron chi connectivity index (χ4n) is 1.70. The SMILES string of the molecule is O=[N+]([O-])c1cn(Cc2ccccc2)nc1NCCO. The predicted octanol–water partition coefficient (Wildman–Crippen LogP) is 1.24. The number of nitrogens with one attached hydrogen (secondary N) is 1. The van der Waals surface area contributed by atoms with Gasteiger partial charge in [-0.1, -0.05) is 30.3 Å². The molecule has 2 rings (SSSR count). The van der Waals surface area contributed by atoms with Gasteiger partial charge in [0.05, 0.1) is 18.1 Å². The van der Waals surface area contributed by atoms with Crippen molar-refractivity contribution >= 4 is 11.5 Å². The zero-order valence-electron chi connectivity index (χ0n) is 10.2. The molecule has 1 heterocycles. The van der Waals surface area contributed by atoms with Gasteiger partial charge in [0.15, 0.2) is 0 Å². The van der Waals surface area contributed by atoms with E-state index in [1.165, 1.54) is 10.9 Å². The van der Waals surface area contributed by atoms with Crippen molar-refractivity contribution in [3.05, 3.63) is 52.2 Å². The van der Waals surface area contributed by atoms with Crippen LogP contribution in [-0.2, 0) is 6.54 Å². The summed E-state index contributed by atoms with van der Waals surface area (Å²) in [7, 11) is 0. The lowest BCUT2D eigenvalue weighted by atomic mass is 10.2. The predicted molar refractivity (Wildman–Crippen MR) is 70.0 cm³/mol. The van der Waals surface area contributed by atoms with Crippen molar-refractivity contribution in [1.29, 1.82) is 0 Å². The first kappa shape index (κ1) is 13.0. The molecule has 7 heteroatoms. The zero-order valence-corrected chi connectivity index (χ0v) is 10.2. The molecule has 0 saturated heterocycles. The second-order valence-corrected chi connectivity index (χ2v) is 3.95. The Balaban J connectivity index is 2.20. The van der Waals surface area contributed by atoms with E-state index in [-0.39, 0.29) is 24.7 Å². The molecule has 0 fully saturated rings. The summed E-state index contributed by atoms with van der Waals surface area (Å²) in [5, 5.41) is 26.5. The van der Waals surface area contributed by atoms with E-state index >= 15 is 0 Å². The first-order valence-electron chi connectivity index (χ1n) is 5.81. The van der Waals surface area contributed by atoms with E-state index in [1.54, 1.807) is 0 Å². The van der Waals surface area contributed by atoms with Crippen molar-refractivity contribution < 1.29 is 10.0 Å². The van der Waals surface area contributed by atoms with E-state index in [2.05, 4.69) is 10.4 Å². The molecule has 7 nitrogen and oxygen atoms in total. The molecule has 1 aromatic carbocycles. The van der Waals surface area contributed by atoms with Gasteiger partial charge in [-0.25, -0.2) is 0 Å². The van der Waals surface area contributed by atoms with Crippen molar-refractivity contribution in [1.82, 2.24) is 9.78 Å². The molecule has 0 spiro atoms. The fourth-order valence-corrected chi connectivity index (χ4v) is 1.70. The van der Waals surface area contributed by atoms with Gasteiger partial charge in [-0.05, 0) is 5.56 Å². The molecule has 2 N–H and O–H groups in total. The lowest BCUT2D eigenvalue weighted by molar-refractivity contribution is -0.384. The van der Waals surface area contributed by atoms with Crippen molar-refractivity contribution in [3.63, 3.8) is 0 Å². The summed E-state index contributed by atoms with van der Waals surface area (Å²) < 4.78 is 1.51. The van der Waals surface area contributed by atoms with Crippen LogP contribution in [0.5, 0.6) is 0 Å². The number of aliphatic hydroxyl groups excluding tert-OH is 1. The lowest BCUT2D eigenvalue weighted by Crippen LogP contribution is -2.08. The van der Waals surface area contributed by atoms with Crippen molar-refractivity contribution in [3.8, 4) is 0 Å². The topological polar surface area (TPSA) is 93.2 Å². The van der Waals surface area contributed by atoms with Gasteiger partial charge >= 0.3 is 5.69 Å². The second kappa shape index (κ2) is 5.96. The minimum Gasteiger partial charge on any atom is -0.395 e. The maximum atomic E-state index is 10.9. The molecule has 0 aliphatic heterocycles. The summed E-state index contributed by atoms with van der Waals surface area (Å²) in [6.45, 7) is 0.578. The standard InChI is InChI=1S/C12H14N4O3/c17-7-6-13-12-11(16(18)19)9-15(14-12)8-10-4-2-1-3-5-10/h1-5,9,17H,6-8H2,(H,13,14). The average Bonchev–Trinajstić information content (AvgIpc) is 2.80. The molecule has 0 saturated carbocycles. The zero-order chi connectivity index (χ0) is 13.7. The first-order valence-corrected chi connectivity index (χ1v) is 5.81. The van der Waals surface area contributed by atoms with Gasteiger partial charge in [0.1, 0.15) is 6.20 Å². The summed E-state index contributed by atoms with van der Waals surface area (Å²) in [6, 6.07) is 9.56. The van der Waals surface area contributed by atoms with Crippen LogP contribution in [0.4, 0.5) is 11.5 Å². The van der Waals surface area contributed by atoms with Gasteiger partial charge in [0.25, 0.3) is 0 Å². The molecular weight excluding hydrogens is 248 g/mol. The van der Waals surface area contributed by atoms with Crippen LogP contribution in [-0.4, -0.2) is 33.0 Å². The number of benzene rings is 1. The van der Waals surface area contributed by atoms with Crippen LogP contribution >= 0.6 is 0 Å². The molecule has 100 valence electrons. The van der Waals surface area contributed by atoms with Crippen LogP contribution in [0.15, 0.2) is 36.5 Å². The molecule has 1 aromatic heterocycles. The minimum atomic E-state index is -0.492. The lowest BCUT2D eigenvalue weighted by Gasteiger charge is -2.01. The van der Waals surface area contributed by atoms with Crippen LogP contribution in [0.25, 0.3) is 0 Å². The summed E-state index contributed by atoms with van der Waals surface area (Å²) >= 11 is 0. The summed E-state index contributed by atoms with van der Waals surface area (Å²) in [5.74, 6) is 0.176. The molecule has 0 unspecified atom stereocenters. The van der Waals surface area contributed by atoms with E-state index in [4.69, 9.17) is 5.11 Å². The summed E-state index contributed by atoms with van der Waals surface area (Å²) in [5.41, 5.74) is 0.915. The molecule has 0 bridgehead atoms. The highest BCUT2D eigenvalue weighted by Gasteiger charge is 2.18. The maximum Gasteiger partial charge on any atom is 0.330 e. The smallest absolute Gasteiger partial charge is 0.330 e. The van der Waals surface area contributed by atoms with Crippen molar-refractivity contribution in [2.45, 2.75) is 6.54 Å². The Hall–Kier alpha value is -2.41. The van der Waals surface area contributed by atoms with Crippen LogP contribution < -0.4 is 5.32 Å².